The molecule has 1 aromatic carbocycles. The van der Waals surface area contributed by atoms with Gasteiger partial charge in [0.25, 0.3) is 0 Å². The molecule has 0 aliphatic heterocycles. The van der Waals surface area contributed by atoms with Crippen LogP contribution >= 0.6 is 0 Å². The summed E-state index contributed by atoms with van der Waals surface area (Å²) >= 11 is 0. The first-order valence-corrected chi connectivity index (χ1v) is 7.75. The summed E-state index contributed by atoms with van der Waals surface area (Å²) in [6.07, 6.45) is 0. The van der Waals surface area contributed by atoms with Crippen molar-refractivity contribution in [3.8, 4) is 0 Å². The first-order valence-electron chi connectivity index (χ1n) is 6.26. The van der Waals surface area contributed by atoms with Crippen molar-refractivity contribution in [3.05, 3.63) is 23.8 Å². The van der Waals surface area contributed by atoms with E-state index in [4.69, 9.17) is 10.5 Å². The fraction of sp³-hybridized carbons (Fsp3) is 0.538. The summed E-state index contributed by atoms with van der Waals surface area (Å²) in [6, 6.07) is 4.66. The second-order valence-corrected chi connectivity index (χ2v) is 6.65. The molecule has 3 N–H and O–H groups in total. The normalized spacial score (nSPS) is 12.0. The van der Waals surface area contributed by atoms with Gasteiger partial charge in [-0.25, -0.2) is 13.1 Å². The van der Waals surface area contributed by atoms with Crippen LogP contribution in [0.2, 0.25) is 0 Å². The van der Waals surface area contributed by atoms with Crippen LogP contribution in [0, 0.1) is 12.8 Å². The molecule has 0 radical (unpaired) electrons. The van der Waals surface area contributed by atoms with Crippen molar-refractivity contribution in [2.45, 2.75) is 25.7 Å². The van der Waals surface area contributed by atoms with Gasteiger partial charge in [-0.2, -0.15) is 0 Å². The summed E-state index contributed by atoms with van der Waals surface area (Å²) in [5.41, 5.74) is 7.00. The van der Waals surface area contributed by atoms with Crippen LogP contribution in [0.3, 0.4) is 0 Å². The topological polar surface area (TPSA) is 81.4 Å². The molecule has 0 atom stereocenters. The SMILES string of the molecule is Cc1cc(S(=O)(=O)NCCOCC(C)C)ccc1N. The average Bonchev–Trinajstić information content (AvgIpc) is 2.31. The van der Waals surface area contributed by atoms with E-state index in [1.54, 1.807) is 19.1 Å². The van der Waals surface area contributed by atoms with Gasteiger partial charge in [0.15, 0.2) is 0 Å². The van der Waals surface area contributed by atoms with Crippen LogP contribution in [0.25, 0.3) is 0 Å². The molecule has 1 aromatic rings. The largest absolute Gasteiger partial charge is 0.399 e. The van der Waals surface area contributed by atoms with E-state index in [1.165, 1.54) is 6.07 Å². The van der Waals surface area contributed by atoms with Gasteiger partial charge in [-0.05, 0) is 36.6 Å². The van der Waals surface area contributed by atoms with Crippen molar-refractivity contribution in [2.75, 3.05) is 25.5 Å². The van der Waals surface area contributed by atoms with E-state index in [0.29, 0.717) is 24.8 Å². The number of ether oxygens (including phenoxy) is 1. The van der Waals surface area contributed by atoms with Gasteiger partial charge in [0.05, 0.1) is 11.5 Å². The average molecular weight is 286 g/mol. The van der Waals surface area contributed by atoms with Gasteiger partial charge >= 0.3 is 0 Å². The maximum atomic E-state index is 12.0. The highest BCUT2D eigenvalue weighted by Gasteiger charge is 2.13. The van der Waals surface area contributed by atoms with Gasteiger partial charge in [-0.15, -0.1) is 0 Å². The van der Waals surface area contributed by atoms with E-state index < -0.39 is 10.0 Å². The molecule has 0 fully saturated rings. The number of anilines is 1. The van der Waals surface area contributed by atoms with Crippen LogP contribution in [0.4, 0.5) is 5.69 Å². The Morgan fingerprint density at radius 3 is 2.63 bits per heavy atom. The van der Waals surface area contributed by atoms with Gasteiger partial charge in [0.1, 0.15) is 0 Å². The Balaban J connectivity index is 2.54. The number of benzene rings is 1. The van der Waals surface area contributed by atoms with E-state index in [0.717, 1.165) is 5.56 Å². The Labute approximate surface area is 115 Å². The molecule has 1 rings (SSSR count). The monoisotopic (exact) mass is 286 g/mol. The zero-order chi connectivity index (χ0) is 14.5. The maximum Gasteiger partial charge on any atom is 0.240 e. The molecule has 0 aliphatic rings. The summed E-state index contributed by atoms with van der Waals surface area (Å²) in [7, 11) is -3.49. The molecule has 0 saturated carbocycles. The number of nitrogens with two attached hydrogens (primary N) is 1. The fourth-order valence-corrected chi connectivity index (χ4v) is 2.56. The summed E-state index contributed by atoms with van der Waals surface area (Å²) in [6.45, 7) is 7.12. The molecule has 19 heavy (non-hydrogen) atoms. The molecule has 0 saturated heterocycles. The number of aryl methyl sites for hydroxylation is 1. The predicted molar refractivity (Wildman–Crippen MR) is 76.4 cm³/mol. The van der Waals surface area contributed by atoms with Crippen molar-refractivity contribution in [3.63, 3.8) is 0 Å². The molecule has 0 bridgehead atoms. The number of rotatable bonds is 7. The summed E-state index contributed by atoms with van der Waals surface area (Å²) in [5, 5.41) is 0. The Morgan fingerprint density at radius 2 is 2.05 bits per heavy atom. The highest BCUT2D eigenvalue weighted by molar-refractivity contribution is 7.89. The van der Waals surface area contributed by atoms with Crippen molar-refractivity contribution >= 4 is 15.7 Å². The van der Waals surface area contributed by atoms with Gasteiger partial charge < -0.3 is 10.5 Å². The summed E-state index contributed by atoms with van der Waals surface area (Å²) in [4.78, 5) is 0.225. The van der Waals surface area contributed by atoms with E-state index in [1.807, 2.05) is 13.8 Å². The number of hydrogen-bond donors (Lipinski definition) is 2. The summed E-state index contributed by atoms with van der Waals surface area (Å²) in [5.74, 6) is 0.441. The van der Waals surface area contributed by atoms with Crippen LogP contribution in [0.15, 0.2) is 23.1 Å². The lowest BCUT2D eigenvalue weighted by Crippen LogP contribution is -2.28. The second kappa shape index (κ2) is 6.88. The lowest BCUT2D eigenvalue weighted by atomic mass is 10.2. The lowest BCUT2D eigenvalue weighted by molar-refractivity contribution is 0.114. The quantitative estimate of drug-likeness (QED) is 0.588. The molecule has 5 nitrogen and oxygen atoms in total. The number of nitrogens with one attached hydrogen (secondary N) is 1. The van der Waals surface area contributed by atoms with Crippen LogP contribution in [0.1, 0.15) is 19.4 Å². The molecule has 0 unspecified atom stereocenters. The first kappa shape index (κ1) is 15.9. The lowest BCUT2D eigenvalue weighted by Gasteiger charge is -2.10. The molecule has 0 aromatic heterocycles. The molecule has 0 aliphatic carbocycles. The zero-order valence-electron chi connectivity index (χ0n) is 11.6. The molecule has 108 valence electrons. The molecule has 0 amide bonds. The Hall–Kier alpha value is -1.11. The van der Waals surface area contributed by atoms with Crippen molar-refractivity contribution in [1.29, 1.82) is 0 Å². The highest BCUT2D eigenvalue weighted by atomic mass is 32.2. The van der Waals surface area contributed by atoms with Crippen molar-refractivity contribution in [2.24, 2.45) is 5.92 Å². The standard InChI is InChI=1S/C13H22N2O3S/c1-10(2)9-18-7-6-15-19(16,17)12-4-5-13(14)11(3)8-12/h4-5,8,10,15H,6-7,9,14H2,1-3H3. The van der Waals surface area contributed by atoms with Gasteiger partial charge in [0.2, 0.25) is 10.0 Å². The predicted octanol–water partition coefficient (Wildman–Crippen LogP) is 1.53. The first-order chi connectivity index (χ1) is 8.83. The highest BCUT2D eigenvalue weighted by Crippen LogP contribution is 2.16. The third-order valence-corrected chi connectivity index (χ3v) is 4.00. The second-order valence-electron chi connectivity index (χ2n) is 4.88. The summed E-state index contributed by atoms with van der Waals surface area (Å²) < 4.78 is 31.8. The van der Waals surface area contributed by atoms with Gasteiger partial charge in [0, 0.05) is 18.8 Å². The molecule has 0 heterocycles. The van der Waals surface area contributed by atoms with E-state index in [2.05, 4.69) is 4.72 Å². The van der Waals surface area contributed by atoms with Crippen LogP contribution in [-0.2, 0) is 14.8 Å². The van der Waals surface area contributed by atoms with Crippen molar-refractivity contribution in [1.82, 2.24) is 4.72 Å². The van der Waals surface area contributed by atoms with E-state index in [9.17, 15) is 8.42 Å². The number of nitrogen functional groups attached to an aromatic ring is 1. The van der Waals surface area contributed by atoms with Gasteiger partial charge in [-0.3, -0.25) is 0 Å². The number of sulfonamides is 1. The fourth-order valence-electron chi connectivity index (χ4n) is 1.47. The smallest absolute Gasteiger partial charge is 0.240 e. The third kappa shape index (κ3) is 5.18. The minimum atomic E-state index is -3.49. The Bertz CT molecular complexity index is 513. The zero-order valence-corrected chi connectivity index (χ0v) is 12.5. The van der Waals surface area contributed by atoms with Crippen LogP contribution < -0.4 is 10.5 Å². The van der Waals surface area contributed by atoms with Gasteiger partial charge in [-0.1, -0.05) is 13.8 Å². The Morgan fingerprint density at radius 1 is 1.37 bits per heavy atom. The molecule has 0 spiro atoms. The van der Waals surface area contributed by atoms with Crippen molar-refractivity contribution < 1.29 is 13.2 Å². The Kier molecular flexibility index (Phi) is 5.78. The maximum absolute atomic E-state index is 12.0. The number of hydrogen-bond acceptors (Lipinski definition) is 4. The minimum absolute atomic E-state index is 0.225. The molecular weight excluding hydrogens is 264 g/mol. The minimum Gasteiger partial charge on any atom is -0.399 e. The van der Waals surface area contributed by atoms with Crippen LogP contribution in [0.5, 0.6) is 0 Å². The van der Waals surface area contributed by atoms with E-state index in [-0.39, 0.29) is 11.4 Å². The molecule has 6 heteroatoms. The van der Waals surface area contributed by atoms with E-state index >= 15 is 0 Å². The van der Waals surface area contributed by atoms with Crippen LogP contribution in [-0.4, -0.2) is 28.2 Å². The third-order valence-electron chi connectivity index (χ3n) is 2.54. The molecular formula is C13H22N2O3S.